The zero-order valence-corrected chi connectivity index (χ0v) is 8.51. The average molecular weight is 204 g/mol. The van der Waals surface area contributed by atoms with Gasteiger partial charge < -0.3 is 9.30 Å². The average Bonchev–Trinajstić information content (AvgIpc) is 2.59. The lowest BCUT2D eigenvalue weighted by atomic mass is 10.3. The minimum atomic E-state index is -0.217. The summed E-state index contributed by atoms with van der Waals surface area (Å²) in [5, 5.41) is 2.11. The molecule has 0 aliphatic heterocycles. The van der Waals surface area contributed by atoms with Crippen molar-refractivity contribution in [3.63, 3.8) is 0 Å². The highest BCUT2D eigenvalue weighted by Crippen LogP contribution is 2.12. The Labute approximate surface area is 87.5 Å². The zero-order valence-electron chi connectivity index (χ0n) is 8.51. The van der Waals surface area contributed by atoms with Crippen LogP contribution in [-0.2, 0) is 16.1 Å². The van der Waals surface area contributed by atoms with Gasteiger partial charge in [-0.2, -0.15) is 0 Å². The summed E-state index contributed by atoms with van der Waals surface area (Å²) in [4.78, 5) is 15.2. The molecule has 4 nitrogen and oxygen atoms in total. The van der Waals surface area contributed by atoms with Crippen molar-refractivity contribution in [3.8, 4) is 0 Å². The lowest BCUT2D eigenvalue weighted by molar-refractivity contribution is -0.143. The summed E-state index contributed by atoms with van der Waals surface area (Å²) in [5.74, 6) is -0.217. The number of ether oxygens (including phenoxy) is 1. The molecule has 2 aromatic rings. The highest BCUT2D eigenvalue weighted by molar-refractivity contribution is 5.81. The van der Waals surface area contributed by atoms with Crippen LogP contribution in [0.2, 0.25) is 0 Å². The molecule has 0 bridgehead atoms. The molecule has 2 rings (SSSR count). The minimum absolute atomic E-state index is 0.217. The van der Waals surface area contributed by atoms with Crippen LogP contribution < -0.4 is 0 Å². The second kappa shape index (κ2) is 4.13. The number of rotatable bonds is 3. The van der Waals surface area contributed by atoms with Crippen LogP contribution in [0.25, 0.3) is 10.8 Å². The number of esters is 1. The van der Waals surface area contributed by atoms with Crippen LogP contribution in [0.3, 0.4) is 0 Å². The van der Waals surface area contributed by atoms with E-state index in [1.807, 2.05) is 23.0 Å². The predicted octanol–water partition coefficient (Wildman–Crippen LogP) is 1.60. The van der Waals surface area contributed by atoms with E-state index in [0.717, 1.165) is 10.8 Å². The van der Waals surface area contributed by atoms with E-state index in [4.69, 9.17) is 4.74 Å². The van der Waals surface area contributed by atoms with Crippen molar-refractivity contribution in [1.29, 1.82) is 0 Å². The van der Waals surface area contributed by atoms with Crippen LogP contribution >= 0.6 is 0 Å². The molecular formula is C11H12N2O2. The summed E-state index contributed by atoms with van der Waals surface area (Å²) < 4.78 is 6.68. The molecule has 0 aromatic carbocycles. The maximum Gasteiger partial charge on any atom is 0.325 e. The van der Waals surface area contributed by atoms with Crippen molar-refractivity contribution in [3.05, 3.63) is 30.9 Å². The fourth-order valence-corrected chi connectivity index (χ4v) is 1.48. The van der Waals surface area contributed by atoms with Gasteiger partial charge in [0.15, 0.2) is 0 Å². The molecular weight excluding hydrogens is 192 g/mol. The number of hydrogen-bond acceptors (Lipinski definition) is 3. The van der Waals surface area contributed by atoms with Gasteiger partial charge >= 0.3 is 5.97 Å². The standard InChI is InChI=1S/C11H12N2O2/c1-2-15-11(14)8-13-6-9-3-4-12-5-10(9)7-13/h3-7H,2,8H2,1H3. The molecule has 4 heteroatoms. The molecule has 0 aliphatic carbocycles. The zero-order chi connectivity index (χ0) is 10.7. The molecule has 0 unspecified atom stereocenters. The van der Waals surface area contributed by atoms with Gasteiger partial charge in [-0.15, -0.1) is 0 Å². The monoisotopic (exact) mass is 204 g/mol. The predicted molar refractivity (Wildman–Crippen MR) is 56.4 cm³/mol. The van der Waals surface area contributed by atoms with Crippen molar-refractivity contribution in [2.45, 2.75) is 13.5 Å². The fraction of sp³-hybridized carbons (Fsp3) is 0.273. The molecule has 0 spiro atoms. The summed E-state index contributed by atoms with van der Waals surface area (Å²) in [7, 11) is 0. The molecule has 0 radical (unpaired) electrons. The first-order valence-corrected chi connectivity index (χ1v) is 4.84. The van der Waals surface area contributed by atoms with E-state index in [1.54, 1.807) is 19.3 Å². The Balaban J connectivity index is 2.18. The van der Waals surface area contributed by atoms with Gasteiger partial charge in [-0.25, -0.2) is 0 Å². The fourth-order valence-electron chi connectivity index (χ4n) is 1.48. The van der Waals surface area contributed by atoms with E-state index < -0.39 is 0 Å². The first-order valence-electron chi connectivity index (χ1n) is 4.84. The van der Waals surface area contributed by atoms with E-state index in [2.05, 4.69) is 4.98 Å². The smallest absolute Gasteiger partial charge is 0.325 e. The summed E-state index contributed by atoms with van der Waals surface area (Å²) >= 11 is 0. The molecule has 0 aliphatic rings. The van der Waals surface area contributed by atoms with E-state index >= 15 is 0 Å². The maximum absolute atomic E-state index is 11.2. The summed E-state index contributed by atoms with van der Waals surface area (Å²) in [6.07, 6.45) is 7.31. The van der Waals surface area contributed by atoms with Crippen molar-refractivity contribution < 1.29 is 9.53 Å². The van der Waals surface area contributed by atoms with Crippen molar-refractivity contribution in [2.75, 3.05) is 6.61 Å². The normalized spacial score (nSPS) is 10.5. The van der Waals surface area contributed by atoms with Gasteiger partial charge in [0.2, 0.25) is 0 Å². The van der Waals surface area contributed by atoms with Gasteiger partial charge in [-0.05, 0) is 13.0 Å². The van der Waals surface area contributed by atoms with Gasteiger partial charge in [0.1, 0.15) is 6.54 Å². The van der Waals surface area contributed by atoms with E-state index in [-0.39, 0.29) is 12.5 Å². The third-order valence-electron chi connectivity index (χ3n) is 2.11. The molecule has 0 saturated heterocycles. The Hall–Kier alpha value is -1.84. The molecule has 0 atom stereocenters. The molecule has 15 heavy (non-hydrogen) atoms. The molecule has 0 fully saturated rings. The quantitative estimate of drug-likeness (QED) is 0.713. The van der Waals surface area contributed by atoms with E-state index in [9.17, 15) is 4.79 Å². The van der Waals surface area contributed by atoms with Crippen LogP contribution in [0.1, 0.15) is 6.92 Å². The van der Waals surface area contributed by atoms with E-state index in [1.165, 1.54) is 0 Å². The molecule has 2 heterocycles. The Morgan fingerprint density at radius 2 is 2.27 bits per heavy atom. The van der Waals surface area contributed by atoms with E-state index in [0.29, 0.717) is 6.61 Å². The molecule has 0 N–H and O–H groups in total. The van der Waals surface area contributed by atoms with Crippen molar-refractivity contribution >= 4 is 16.7 Å². The first kappa shape index (κ1) is 9.71. The Bertz CT molecular complexity index is 443. The van der Waals surface area contributed by atoms with Crippen LogP contribution in [-0.4, -0.2) is 22.1 Å². The van der Waals surface area contributed by atoms with Crippen molar-refractivity contribution in [1.82, 2.24) is 9.55 Å². The Morgan fingerprint density at radius 3 is 3.00 bits per heavy atom. The topological polar surface area (TPSA) is 44.1 Å². The van der Waals surface area contributed by atoms with Gasteiger partial charge in [0.05, 0.1) is 6.61 Å². The van der Waals surface area contributed by atoms with Crippen LogP contribution in [0.15, 0.2) is 30.9 Å². The molecule has 2 aromatic heterocycles. The second-order valence-corrected chi connectivity index (χ2v) is 3.24. The first-order chi connectivity index (χ1) is 7.29. The molecule has 78 valence electrons. The maximum atomic E-state index is 11.2. The summed E-state index contributed by atoms with van der Waals surface area (Å²) in [5.41, 5.74) is 0. The second-order valence-electron chi connectivity index (χ2n) is 3.24. The number of hydrogen-bond donors (Lipinski definition) is 0. The number of carbonyl (C=O) groups excluding carboxylic acids is 1. The van der Waals surface area contributed by atoms with Gasteiger partial charge in [-0.3, -0.25) is 9.78 Å². The highest BCUT2D eigenvalue weighted by Gasteiger charge is 2.04. The number of fused-ring (bicyclic) bond motifs is 1. The summed E-state index contributed by atoms with van der Waals surface area (Å²) in [6.45, 7) is 2.47. The Morgan fingerprint density at radius 1 is 1.47 bits per heavy atom. The lowest BCUT2D eigenvalue weighted by Gasteiger charge is -2.01. The third-order valence-corrected chi connectivity index (χ3v) is 2.11. The SMILES string of the molecule is CCOC(=O)Cn1cc2ccncc2c1. The number of nitrogens with zero attached hydrogens (tertiary/aromatic N) is 2. The van der Waals surface area contributed by atoms with Crippen molar-refractivity contribution in [2.24, 2.45) is 0 Å². The van der Waals surface area contributed by atoms with Gasteiger partial charge in [-0.1, -0.05) is 0 Å². The number of pyridine rings is 1. The number of carbonyl (C=O) groups is 1. The molecule has 0 saturated carbocycles. The summed E-state index contributed by atoms with van der Waals surface area (Å²) in [6, 6.07) is 1.91. The number of aromatic nitrogens is 2. The Kier molecular flexibility index (Phi) is 2.67. The third kappa shape index (κ3) is 2.15. The van der Waals surface area contributed by atoms with Crippen LogP contribution in [0.4, 0.5) is 0 Å². The largest absolute Gasteiger partial charge is 0.465 e. The van der Waals surface area contributed by atoms with Crippen LogP contribution in [0.5, 0.6) is 0 Å². The minimum Gasteiger partial charge on any atom is -0.465 e. The van der Waals surface area contributed by atoms with Crippen LogP contribution in [0, 0.1) is 0 Å². The van der Waals surface area contributed by atoms with Gasteiger partial charge in [0.25, 0.3) is 0 Å². The van der Waals surface area contributed by atoms with Gasteiger partial charge in [0, 0.05) is 35.6 Å². The molecule has 0 amide bonds. The highest BCUT2D eigenvalue weighted by atomic mass is 16.5. The lowest BCUT2D eigenvalue weighted by Crippen LogP contribution is -2.11.